The quantitative estimate of drug-likeness (QED) is 0.836. The Morgan fingerprint density at radius 2 is 1.72 bits per heavy atom. The van der Waals surface area contributed by atoms with E-state index >= 15 is 0 Å². The number of ether oxygens (including phenoxy) is 1. The van der Waals surface area contributed by atoms with Crippen LogP contribution in [0.25, 0.3) is 0 Å². The first-order valence-electron chi connectivity index (χ1n) is 8.25. The van der Waals surface area contributed by atoms with E-state index in [9.17, 15) is 8.42 Å². The Hall–Kier alpha value is -2.12. The molecule has 7 heteroatoms. The summed E-state index contributed by atoms with van der Waals surface area (Å²) in [5, 5.41) is 0. The van der Waals surface area contributed by atoms with Crippen molar-refractivity contribution in [3.8, 4) is 5.75 Å². The first-order chi connectivity index (χ1) is 11.9. The first kappa shape index (κ1) is 17.7. The Morgan fingerprint density at radius 3 is 2.32 bits per heavy atom. The highest BCUT2D eigenvalue weighted by Gasteiger charge is 2.31. The van der Waals surface area contributed by atoms with E-state index in [1.165, 1.54) is 11.4 Å². The van der Waals surface area contributed by atoms with Gasteiger partial charge in [-0.3, -0.25) is 0 Å². The molecule has 1 aliphatic rings. The minimum Gasteiger partial charge on any atom is -0.495 e. The smallest absolute Gasteiger partial charge is 0.246 e. The fourth-order valence-electron chi connectivity index (χ4n) is 2.96. The molecule has 0 atom stereocenters. The second kappa shape index (κ2) is 7.01. The van der Waals surface area contributed by atoms with E-state index in [0.717, 1.165) is 16.9 Å². The van der Waals surface area contributed by atoms with Crippen LogP contribution in [0.3, 0.4) is 0 Å². The summed E-state index contributed by atoms with van der Waals surface area (Å²) in [6.45, 7) is 5.93. The molecule has 0 N–H and O–H groups in total. The summed E-state index contributed by atoms with van der Waals surface area (Å²) in [5.41, 5.74) is 1.95. The molecule has 0 amide bonds. The summed E-state index contributed by atoms with van der Waals surface area (Å²) in [4.78, 5) is 6.68. The van der Waals surface area contributed by atoms with Crippen molar-refractivity contribution in [3.05, 3.63) is 47.7 Å². The second-order valence-electron chi connectivity index (χ2n) is 6.17. The van der Waals surface area contributed by atoms with Crippen molar-refractivity contribution >= 4 is 15.8 Å². The summed E-state index contributed by atoms with van der Waals surface area (Å²) in [6.07, 6.45) is 1.75. The van der Waals surface area contributed by atoms with Crippen molar-refractivity contribution in [2.75, 3.05) is 38.2 Å². The standard InChI is InChI=1S/C18H23N3O3S/c1-14-12-16(24-3)17(13-15(14)2)25(22,23)21-10-8-20(9-11-21)18-6-4-5-7-19-18/h4-7,12-13H,8-11H2,1-3H3. The highest BCUT2D eigenvalue weighted by molar-refractivity contribution is 7.89. The van der Waals surface area contributed by atoms with Crippen LogP contribution in [0.5, 0.6) is 5.75 Å². The van der Waals surface area contributed by atoms with Crippen molar-refractivity contribution in [3.63, 3.8) is 0 Å². The maximum absolute atomic E-state index is 13.1. The van der Waals surface area contributed by atoms with E-state index < -0.39 is 10.0 Å². The fourth-order valence-corrected chi connectivity index (χ4v) is 4.61. The third-order valence-corrected chi connectivity index (χ3v) is 6.53. The van der Waals surface area contributed by atoms with Crippen molar-refractivity contribution < 1.29 is 13.2 Å². The number of methoxy groups -OCH3 is 1. The fraction of sp³-hybridized carbons (Fsp3) is 0.389. The largest absolute Gasteiger partial charge is 0.495 e. The third kappa shape index (κ3) is 3.48. The second-order valence-corrected chi connectivity index (χ2v) is 8.07. The Bertz CT molecular complexity index is 845. The van der Waals surface area contributed by atoms with E-state index in [-0.39, 0.29) is 4.90 Å². The van der Waals surface area contributed by atoms with E-state index in [2.05, 4.69) is 9.88 Å². The van der Waals surface area contributed by atoms with Crippen LogP contribution in [-0.4, -0.2) is 51.0 Å². The van der Waals surface area contributed by atoms with Crippen LogP contribution >= 0.6 is 0 Å². The number of hydrogen-bond donors (Lipinski definition) is 0. The molecule has 0 aliphatic carbocycles. The molecule has 1 aliphatic heterocycles. The minimum atomic E-state index is -3.59. The maximum Gasteiger partial charge on any atom is 0.246 e. The molecule has 1 aromatic carbocycles. The predicted octanol–water partition coefficient (Wildman–Crippen LogP) is 2.22. The SMILES string of the molecule is COc1cc(C)c(C)cc1S(=O)(=O)N1CCN(c2ccccn2)CC1. The monoisotopic (exact) mass is 361 g/mol. The number of piperazine rings is 1. The Balaban J connectivity index is 1.82. The molecule has 0 spiro atoms. The lowest BCUT2D eigenvalue weighted by molar-refractivity contribution is 0.373. The van der Waals surface area contributed by atoms with Crippen molar-refractivity contribution in [2.45, 2.75) is 18.7 Å². The van der Waals surface area contributed by atoms with Gasteiger partial charge in [0, 0.05) is 32.4 Å². The van der Waals surface area contributed by atoms with Crippen molar-refractivity contribution in [1.82, 2.24) is 9.29 Å². The number of benzene rings is 1. The van der Waals surface area contributed by atoms with Gasteiger partial charge in [0.15, 0.2) is 0 Å². The van der Waals surface area contributed by atoms with E-state index in [1.807, 2.05) is 32.0 Å². The van der Waals surface area contributed by atoms with E-state index in [0.29, 0.717) is 31.9 Å². The van der Waals surface area contributed by atoms with Gasteiger partial charge in [-0.1, -0.05) is 6.07 Å². The van der Waals surface area contributed by atoms with Crippen LogP contribution in [0.1, 0.15) is 11.1 Å². The summed E-state index contributed by atoms with van der Waals surface area (Å²) < 4.78 is 33.0. The summed E-state index contributed by atoms with van der Waals surface area (Å²) in [7, 11) is -2.09. The van der Waals surface area contributed by atoms with Gasteiger partial charge in [0.1, 0.15) is 16.5 Å². The molecule has 1 saturated heterocycles. The molecular weight excluding hydrogens is 338 g/mol. The number of rotatable bonds is 4. The van der Waals surface area contributed by atoms with Gasteiger partial charge in [0.2, 0.25) is 10.0 Å². The van der Waals surface area contributed by atoms with Crippen LogP contribution in [0, 0.1) is 13.8 Å². The molecule has 25 heavy (non-hydrogen) atoms. The van der Waals surface area contributed by atoms with Gasteiger partial charge < -0.3 is 9.64 Å². The van der Waals surface area contributed by atoms with E-state index in [1.54, 1.807) is 18.3 Å². The average molecular weight is 361 g/mol. The number of aromatic nitrogens is 1. The number of hydrogen-bond acceptors (Lipinski definition) is 5. The molecular formula is C18H23N3O3S. The van der Waals surface area contributed by atoms with Gasteiger partial charge in [0.25, 0.3) is 0 Å². The van der Waals surface area contributed by atoms with Crippen LogP contribution in [0.4, 0.5) is 5.82 Å². The topological polar surface area (TPSA) is 62.7 Å². The molecule has 2 heterocycles. The van der Waals surface area contributed by atoms with Crippen LogP contribution in [0.15, 0.2) is 41.4 Å². The number of nitrogens with zero attached hydrogens (tertiary/aromatic N) is 3. The molecule has 6 nitrogen and oxygen atoms in total. The van der Waals surface area contributed by atoms with Crippen molar-refractivity contribution in [2.24, 2.45) is 0 Å². The maximum atomic E-state index is 13.1. The number of sulfonamides is 1. The summed E-state index contributed by atoms with van der Waals surface area (Å²) in [5.74, 6) is 1.28. The Kier molecular flexibility index (Phi) is 4.96. The zero-order valence-corrected chi connectivity index (χ0v) is 15.6. The molecule has 0 unspecified atom stereocenters. The lowest BCUT2D eigenvalue weighted by Crippen LogP contribution is -2.49. The van der Waals surface area contributed by atoms with Crippen LogP contribution in [-0.2, 0) is 10.0 Å². The van der Waals surface area contributed by atoms with Gasteiger partial charge in [-0.15, -0.1) is 0 Å². The third-order valence-electron chi connectivity index (χ3n) is 4.61. The Morgan fingerprint density at radius 1 is 1.04 bits per heavy atom. The number of anilines is 1. The van der Waals surface area contributed by atoms with Gasteiger partial charge in [-0.25, -0.2) is 13.4 Å². The Labute approximate surface area is 149 Å². The lowest BCUT2D eigenvalue weighted by atomic mass is 10.1. The number of pyridine rings is 1. The zero-order valence-electron chi connectivity index (χ0n) is 14.8. The highest BCUT2D eigenvalue weighted by Crippen LogP contribution is 2.30. The van der Waals surface area contributed by atoms with Crippen LogP contribution < -0.4 is 9.64 Å². The molecule has 0 saturated carbocycles. The van der Waals surface area contributed by atoms with Gasteiger partial charge >= 0.3 is 0 Å². The van der Waals surface area contributed by atoms with Gasteiger partial charge in [-0.2, -0.15) is 4.31 Å². The summed E-state index contributed by atoms with van der Waals surface area (Å²) >= 11 is 0. The predicted molar refractivity (Wildman–Crippen MR) is 97.7 cm³/mol. The average Bonchev–Trinajstić information content (AvgIpc) is 2.64. The molecule has 134 valence electrons. The molecule has 1 aromatic heterocycles. The molecule has 3 rings (SSSR count). The first-order valence-corrected chi connectivity index (χ1v) is 9.69. The number of aryl methyl sites for hydroxylation is 2. The highest BCUT2D eigenvalue weighted by atomic mass is 32.2. The normalized spacial score (nSPS) is 16.0. The minimum absolute atomic E-state index is 0.240. The van der Waals surface area contributed by atoms with E-state index in [4.69, 9.17) is 4.74 Å². The van der Waals surface area contributed by atoms with Gasteiger partial charge in [-0.05, 0) is 49.2 Å². The van der Waals surface area contributed by atoms with Crippen LogP contribution in [0.2, 0.25) is 0 Å². The molecule has 2 aromatic rings. The molecule has 0 radical (unpaired) electrons. The van der Waals surface area contributed by atoms with Crippen molar-refractivity contribution in [1.29, 1.82) is 0 Å². The summed E-state index contributed by atoms with van der Waals surface area (Å²) in [6, 6.07) is 9.24. The molecule has 1 fully saturated rings. The molecule has 0 bridgehead atoms. The zero-order chi connectivity index (χ0) is 18.0. The van der Waals surface area contributed by atoms with Gasteiger partial charge in [0.05, 0.1) is 7.11 Å². The lowest BCUT2D eigenvalue weighted by Gasteiger charge is -2.34.